The summed E-state index contributed by atoms with van der Waals surface area (Å²) in [6, 6.07) is 5.60. The van der Waals surface area contributed by atoms with Gasteiger partial charge in [0.15, 0.2) is 0 Å². The van der Waals surface area contributed by atoms with Crippen molar-refractivity contribution < 1.29 is 9.53 Å². The molecule has 1 aromatic rings. The number of hydrogen-bond donors (Lipinski definition) is 1. The van der Waals surface area contributed by atoms with Crippen molar-refractivity contribution >= 4 is 6.03 Å². The fraction of sp³-hybridized carbons (Fsp3) is 0.462. The minimum absolute atomic E-state index is 0.444. The molecule has 0 radical (unpaired) electrons. The van der Waals surface area contributed by atoms with E-state index in [1.165, 1.54) is 10.5 Å². The van der Waals surface area contributed by atoms with Gasteiger partial charge in [-0.1, -0.05) is 26.0 Å². The standard InChI is InChI=1S/C13H20N2O2/c1-9(2)10-5-6-11(12(7-10)17-4)8-15(3)13(14)16/h5-7,9H,8H2,1-4H3,(H2,14,16). The van der Waals surface area contributed by atoms with Crippen LogP contribution in [0.5, 0.6) is 5.75 Å². The number of hydrogen-bond acceptors (Lipinski definition) is 2. The Labute approximate surface area is 102 Å². The molecule has 1 rings (SSSR count). The van der Waals surface area contributed by atoms with Crippen molar-refractivity contribution in [2.24, 2.45) is 5.73 Å². The van der Waals surface area contributed by atoms with Crippen molar-refractivity contribution in [3.63, 3.8) is 0 Å². The van der Waals surface area contributed by atoms with Gasteiger partial charge in [-0.25, -0.2) is 4.79 Å². The Morgan fingerprint density at radius 2 is 2.12 bits per heavy atom. The maximum Gasteiger partial charge on any atom is 0.314 e. The first-order valence-corrected chi connectivity index (χ1v) is 5.63. The van der Waals surface area contributed by atoms with E-state index >= 15 is 0 Å². The van der Waals surface area contributed by atoms with Crippen molar-refractivity contribution in [3.8, 4) is 5.75 Å². The normalized spacial score (nSPS) is 10.4. The molecule has 0 aliphatic rings. The van der Waals surface area contributed by atoms with Gasteiger partial charge >= 0.3 is 6.03 Å². The van der Waals surface area contributed by atoms with E-state index in [9.17, 15) is 4.79 Å². The molecule has 0 fully saturated rings. The van der Waals surface area contributed by atoms with Crippen molar-refractivity contribution in [2.75, 3.05) is 14.2 Å². The molecule has 0 saturated heterocycles. The number of methoxy groups -OCH3 is 1. The van der Waals surface area contributed by atoms with Gasteiger partial charge in [0.2, 0.25) is 0 Å². The third-order valence-electron chi connectivity index (χ3n) is 2.76. The van der Waals surface area contributed by atoms with Crippen LogP contribution in [0.4, 0.5) is 4.79 Å². The van der Waals surface area contributed by atoms with E-state index in [-0.39, 0.29) is 0 Å². The number of primary amides is 1. The van der Waals surface area contributed by atoms with Gasteiger partial charge in [-0.15, -0.1) is 0 Å². The third-order valence-corrected chi connectivity index (χ3v) is 2.76. The van der Waals surface area contributed by atoms with E-state index in [1.54, 1.807) is 14.2 Å². The first kappa shape index (κ1) is 13.4. The van der Waals surface area contributed by atoms with Crippen molar-refractivity contribution in [3.05, 3.63) is 29.3 Å². The number of amides is 2. The van der Waals surface area contributed by atoms with E-state index in [0.717, 1.165) is 11.3 Å². The van der Waals surface area contributed by atoms with Gasteiger partial charge in [-0.3, -0.25) is 0 Å². The largest absolute Gasteiger partial charge is 0.496 e. The first-order valence-electron chi connectivity index (χ1n) is 5.63. The predicted molar refractivity (Wildman–Crippen MR) is 68.1 cm³/mol. The number of carbonyl (C=O) groups excluding carboxylic acids is 1. The maximum atomic E-state index is 11.0. The number of nitrogens with two attached hydrogens (primary N) is 1. The second-order valence-electron chi connectivity index (χ2n) is 4.42. The minimum Gasteiger partial charge on any atom is -0.496 e. The van der Waals surface area contributed by atoms with Crippen molar-refractivity contribution in [1.29, 1.82) is 0 Å². The lowest BCUT2D eigenvalue weighted by Crippen LogP contribution is -2.31. The Morgan fingerprint density at radius 3 is 2.59 bits per heavy atom. The van der Waals surface area contributed by atoms with E-state index in [0.29, 0.717) is 12.5 Å². The van der Waals surface area contributed by atoms with Crippen LogP contribution in [0.2, 0.25) is 0 Å². The molecule has 4 nitrogen and oxygen atoms in total. The average Bonchev–Trinajstić information content (AvgIpc) is 2.28. The number of benzene rings is 1. The molecule has 2 N–H and O–H groups in total. The molecular weight excluding hydrogens is 216 g/mol. The number of carbonyl (C=O) groups is 1. The summed E-state index contributed by atoms with van der Waals surface area (Å²) in [4.78, 5) is 12.4. The van der Waals surface area contributed by atoms with Crippen LogP contribution >= 0.6 is 0 Å². The van der Waals surface area contributed by atoms with Crippen LogP contribution in [-0.2, 0) is 6.54 Å². The highest BCUT2D eigenvalue weighted by atomic mass is 16.5. The zero-order valence-corrected chi connectivity index (χ0v) is 10.9. The molecule has 1 aromatic carbocycles. The molecule has 0 atom stereocenters. The van der Waals surface area contributed by atoms with Gasteiger partial charge in [-0.2, -0.15) is 0 Å². The predicted octanol–water partition coefficient (Wildman–Crippen LogP) is 2.33. The van der Waals surface area contributed by atoms with Gasteiger partial charge in [0.25, 0.3) is 0 Å². The summed E-state index contributed by atoms with van der Waals surface area (Å²) in [6.07, 6.45) is 0. The number of urea groups is 1. The lowest BCUT2D eigenvalue weighted by atomic mass is 10.0. The number of nitrogens with zero attached hydrogens (tertiary/aromatic N) is 1. The third kappa shape index (κ3) is 3.37. The zero-order valence-electron chi connectivity index (χ0n) is 10.9. The van der Waals surface area contributed by atoms with E-state index < -0.39 is 6.03 Å². The summed E-state index contributed by atoms with van der Waals surface area (Å²) in [5, 5.41) is 0. The van der Waals surface area contributed by atoms with Crippen LogP contribution in [0.15, 0.2) is 18.2 Å². The molecule has 4 heteroatoms. The number of ether oxygens (including phenoxy) is 1. The van der Waals surface area contributed by atoms with Gasteiger partial charge in [0.1, 0.15) is 5.75 Å². The Kier molecular flexibility index (Phi) is 4.37. The van der Waals surface area contributed by atoms with E-state index in [1.807, 2.05) is 12.1 Å². The number of rotatable bonds is 4. The molecule has 0 aliphatic heterocycles. The fourth-order valence-electron chi connectivity index (χ4n) is 1.58. The summed E-state index contributed by atoms with van der Waals surface area (Å²) in [5.74, 6) is 1.25. The van der Waals surface area contributed by atoms with E-state index in [2.05, 4.69) is 19.9 Å². The summed E-state index contributed by atoms with van der Waals surface area (Å²) in [5.41, 5.74) is 7.37. The topological polar surface area (TPSA) is 55.6 Å². The van der Waals surface area contributed by atoms with Gasteiger partial charge in [0, 0.05) is 12.6 Å². The average molecular weight is 236 g/mol. The Balaban J connectivity index is 2.96. The zero-order chi connectivity index (χ0) is 13.0. The van der Waals surface area contributed by atoms with Crippen molar-refractivity contribution in [1.82, 2.24) is 4.90 Å². The molecule has 0 spiro atoms. The highest BCUT2D eigenvalue weighted by Crippen LogP contribution is 2.25. The molecule has 0 saturated carbocycles. The van der Waals surface area contributed by atoms with E-state index in [4.69, 9.17) is 10.5 Å². The van der Waals surface area contributed by atoms with Gasteiger partial charge in [-0.05, 0) is 17.5 Å². The Hall–Kier alpha value is -1.71. The summed E-state index contributed by atoms with van der Waals surface area (Å²) >= 11 is 0. The monoisotopic (exact) mass is 236 g/mol. The minimum atomic E-state index is -0.444. The second kappa shape index (κ2) is 5.57. The molecule has 17 heavy (non-hydrogen) atoms. The molecule has 94 valence electrons. The van der Waals surface area contributed by atoms with Crippen LogP contribution in [0, 0.1) is 0 Å². The summed E-state index contributed by atoms with van der Waals surface area (Å²) < 4.78 is 5.34. The fourth-order valence-corrected chi connectivity index (χ4v) is 1.58. The molecular formula is C13H20N2O2. The molecule has 0 aliphatic carbocycles. The smallest absolute Gasteiger partial charge is 0.314 e. The lowest BCUT2D eigenvalue weighted by molar-refractivity contribution is 0.216. The molecule has 2 amide bonds. The van der Waals surface area contributed by atoms with Gasteiger partial charge < -0.3 is 15.4 Å². The maximum absolute atomic E-state index is 11.0. The summed E-state index contributed by atoms with van der Waals surface area (Å²) in [7, 11) is 3.30. The first-order chi connectivity index (χ1) is 7.95. The van der Waals surface area contributed by atoms with Gasteiger partial charge in [0.05, 0.1) is 13.7 Å². The van der Waals surface area contributed by atoms with Crippen LogP contribution in [0.1, 0.15) is 30.9 Å². The molecule has 0 bridgehead atoms. The second-order valence-corrected chi connectivity index (χ2v) is 4.42. The Bertz CT molecular complexity index is 402. The SMILES string of the molecule is COc1cc(C(C)C)ccc1CN(C)C(N)=O. The molecule has 0 unspecified atom stereocenters. The van der Waals surface area contributed by atoms with Crippen molar-refractivity contribution in [2.45, 2.75) is 26.3 Å². The molecule has 0 aromatic heterocycles. The van der Waals surface area contributed by atoms with Crippen LogP contribution in [-0.4, -0.2) is 25.1 Å². The summed E-state index contributed by atoms with van der Waals surface area (Å²) in [6.45, 7) is 4.71. The lowest BCUT2D eigenvalue weighted by Gasteiger charge is -2.17. The Morgan fingerprint density at radius 1 is 1.47 bits per heavy atom. The van der Waals surface area contributed by atoms with Crippen LogP contribution < -0.4 is 10.5 Å². The van der Waals surface area contributed by atoms with Crippen LogP contribution in [0.25, 0.3) is 0 Å². The highest BCUT2D eigenvalue weighted by Gasteiger charge is 2.10. The quantitative estimate of drug-likeness (QED) is 0.872. The van der Waals surface area contributed by atoms with Crippen LogP contribution in [0.3, 0.4) is 0 Å². The highest BCUT2D eigenvalue weighted by molar-refractivity contribution is 5.71. The molecule has 0 heterocycles.